The van der Waals surface area contributed by atoms with Crippen LogP contribution in [0.1, 0.15) is 61.4 Å². The van der Waals surface area contributed by atoms with Crippen LogP contribution in [0.4, 0.5) is 5.69 Å². The molecule has 0 fully saturated rings. The summed E-state index contributed by atoms with van der Waals surface area (Å²) in [5.41, 5.74) is 2.38. The van der Waals surface area contributed by atoms with E-state index in [1.54, 1.807) is 24.3 Å². The zero-order valence-corrected chi connectivity index (χ0v) is 23.5. The average Bonchev–Trinajstić information content (AvgIpc) is 3.17. The van der Waals surface area contributed by atoms with Crippen molar-refractivity contribution < 1.29 is 9.59 Å². The monoisotopic (exact) mass is 577 g/mol. The van der Waals surface area contributed by atoms with Gasteiger partial charge in [0.1, 0.15) is 0 Å². The number of carbonyl (C=O) groups excluding carboxylic acids is 2. The fourth-order valence-electron chi connectivity index (χ4n) is 3.52. The number of thioether (sulfide) groups is 1. The Morgan fingerprint density at radius 1 is 1.09 bits per heavy atom. The highest BCUT2D eigenvalue weighted by Gasteiger charge is 2.25. The number of amides is 2. The summed E-state index contributed by atoms with van der Waals surface area (Å²) in [6.45, 7) is 8.19. The number of benzene rings is 2. The van der Waals surface area contributed by atoms with E-state index in [0.29, 0.717) is 21.6 Å². The second kappa shape index (κ2) is 12.1. The molecule has 2 N–H and O–H groups in total. The highest BCUT2D eigenvalue weighted by Crippen LogP contribution is 2.29. The molecule has 186 valence electrons. The number of nitrogens with one attached hydrogen (secondary N) is 2. The lowest BCUT2D eigenvalue weighted by Crippen LogP contribution is -2.33. The second-order valence-corrected chi connectivity index (χ2v) is 11.1. The summed E-state index contributed by atoms with van der Waals surface area (Å²) in [6.07, 6.45) is 0. The van der Waals surface area contributed by atoms with Gasteiger partial charge < -0.3 is 15.2 Å². The van der Waals surface area contributed by atoms with Crippen molar-refractivity contribution in [2.24, 2.45) is 13.0 Å². The summed E-state index contributed by atoms with van der Waals surface area (Å²) in [5, 5.41) is 15.8. The van der Waals surface area contributed by atoms with Crippen LogP contribution in [0.5, 0.6) is 0 Å². The molecule has 0 unspecified atom stereocenters. The van der Waals surface area contributed by atoms with Crippen LogP contribution in [-0.2, 0) is 11.8 Å². The van der Waals surface area contributed by atoms with Crippen LogP contribution < -0.4 is 10.6 Å². The van der Waals surface area contributed by atoms with Gasteiger partial charge in [0.05, 0.1) is 11.8 Å². The van der Waals surface area contributed by atoms with E-state index in [4.69, 9.17) is 11.6 Å². The van der Waals surface area contributed by atoms with E-state index in [-0.39, 0.29) is 35.4 Å². The van der Waals surface area contributed by atoms with Crippen molar-refractivity contribution in [2.45, 2.75) is 44.8 Å². The molecular weight excluding hydrogens is 550 g/mol. The first-order chi connectivity index (χ1) is 16.6. The van der Waals surface area contributed by atoms with E-state index in [1.165, 1.54) is 11.8 Å². The van der Waals surface area contributed by atoms with E-state index >= 15 is 0 Å². The van der Waals surface area contributed by atoms with E-state index < -0.39 is 0 Å². The number of nitrogens with zero attached hydrogens (tertiary/aromatic N) is 3. The van der Waals surface area contributed by atoms with Crippen LogP contribution in [0, 0.1) is 5.92 Å². The SMILES string of the molecule is CC(C)c1cc(Br)ccc1NC(=O)CSc1nnc([C@@H](NC(=O)c2ccc(Cl)cc2)C(C)C)n1C. The van der Waals surface area contributed by atoms with Crippen molar-refractivity contribution in [2.75, 3.05) is 11.1 Å². The van der Waals surface area contributed by atoms with Crippen LogP contribution in [0.15, 0.2) is 52.1 Å². The number of hydrogen-bond donors (Lipinski definition) is 2. The normalized spacial score (nSPS) is 12.1. The maximum absolute atomic E-state index is 12.8. The van der Waals surface area contributed by atoms with Crippen molar-refractivity contribution in [1.29, 1.82) is 0 Å². The third-order valence-electron chi connectivity index (χ3n) is 5.45. The van der Waals surface area contributed by atoms with Gasteiger partial charge in [-0.3, -0.25) is 9.59 Å². The molecule has 7 nitrogen and oxygen atoms in total. The van der Waals surface area contributed by atoms with Gasteiger partial charge in [0.2, 0.25) is 5.91 Å². The van der Waals surface area contributed by atoms with Crippen molar-refractivity contribution in [3.63, 3.8) is 0 Å². The van der Waals surface area contributed by atoms with E-state index in [0.717, 1.165) is 15.7 Å². The lowest BCUT2D eigenvalue weighted by Gasteiger charge is -2.21. The summed E-state index contributed by atoms with van der Waals surface area (Å²) in [4.78, 5) is 25.4. The summed E-state index contributed by atoms with van der Waals surface area (Å²) in [6, 6.07) is 12.2. The van der Waals surface area contributed by atoms with Gasteiger partial charge >= 0.3 is 0 Å². The first-order valence-corrected chi connectivity index (χ1v) is 13.4. The quantitative estimate of drug-likeness (QED) is 0.295. The van der Waals surface area contributed by atoms with Gasteiger partial charge in [-0.2, -0.15) is 0 Å². The van der Waals surface area contributed by atoms with Crippen LogP contribution in [0.2, 0.25) is 5.02 Å². The molecule has 1 heterocycles. The summed E-state index contributed by atoms with van der Waals surface area (Å²) < 4.78 is 2.80. The first-order valence-electron chi connectivity index (χ1n) is 11.2. The van der Waals surface area contributed by atoms with Crippen molar-refractivity contribution in [3.8, 4) is 0 Å². The number of carbonyl (C=O) groups is 2. The maximum atomic E-state index is 12.8. The Bertz CT molecular complexity index is 1200. The molecule has 0 bridgehead atoms. The smallest absolute Gasteiger partial charge is 0.251 e. The largest absolute Gasteiger partial charge is 0.342 e. The Hall–Kier alpha value is -2.36. The van der Waals surface area contributed by atoms with Crippen LogP contribution in [-0.4, -0.2) is 32.3 Å². The number of halogens is 2. The molecule has 2 aromatic carbocycles. The number of anilines is 1. The Morgan fingerprint density at radius 3 is 2.40 bits per heavy atom. The summed E-state index contributed by atoms with van der Waals surface area (Å²) >= 11 is 10.7. The lowest BCUT2D eigenvalue weighted by molar-refractivity contribution is -0.113. The van der Waals surface area contributed by atoms with Gasteiger partial charge in [-0.1, -0.05) is 67.0 Å². The van der Waals surface area contributed by atoms with Gasteiger partial charge in [0.15, 0.2) is 11.0 Å². The highest BCUT2D eigenvalue weighted by atomic mass is 79.9. The van der Waals surface area contributed by atoms with Gasteiger partial charge in [-0.15, -0.1) is 10.2 Å². The van der Waals surface area contributed by atoms with Crippen LogP contribution >= 0.6 is 39.3 Å². The van der Waals surface area contributed by atoms with Gasteiger partial charge in [0, 0.05) is 27.8 Å². The minimum absolute atomic E-state index is 0.0714. The zero-order valence-electron chi connectivity index (χ0n) is 20.3. The molecule has 10 heteroatoms. The molecule has 2 amide bonds. The van der Waals surface area contributed by atoms with Crippen molar-refractivity contribution in [3.05, 3.63) is 68.9 Å². The third kappa shape index (κ3) is 7.08. The molecule has 1 atom stereocenters. The molecule has 0 radical (unpaired) electrons. The zero-order chi connectivity index (χ0) is 25.7. The summed E-state index contributed by atoms with van der Waals surface area (Å²) in [7, 11) is 1.84. The minimum Gasteiger partial charge on any atom is -0.342 e. The number of hydrogen-bond acceptors (Lipinski definition) is 5. The Labute approximate surface area is 223 Å². The Kier molecular flexibility index (Phi) is 9.38. The molecule has 0 aliphatic rings. The topological polar surface area (TPSA) is 88.9 Å². The van der Waals surface area contributed by atoms with Crippen molar-refractivity contribution >= 4 is 56.8 Å². The number of aromatic nitrogens is 3. The van der Waals surface area contributed by atoms with Gasteiger partial charge in [0.25, 0.3) is 5.91 Å². The standard InChI is InChI=1S/C25H29BrClN5O2S/c1-14(2)19-12-17(26)8-11-20(19)28-21(33)13-35-25-31-30-23(32(25)5)22(15(3)4)29-24(34)16-6-9-18(27)10-7-16/h6-12,14-15,22H,13H2,1-5H3,(H,28,33)(H,29,34)/t22-/m0/s1. The molecule has 0 aliphatic carbocycles. The average molecular weight is 579 g/mol. The molecule has 0 spiro atoms. The van der Waals surface area contributed by atoms with E-state index in [9.17, 15) is 9.59 Å². The Balaban J connectivity index is 1.68. The molecule has 3 aromatic rings. The lowest BCUT2D eigenvalue weighted by atomic mass is 10.0. The molecule has 35 heavy (non-hydrogen) atoms. The summed E-state index contributed by atoms with van der Waals surface area (Å²) in [5.74, 6) is 0.811. The third-order valence-corrected chi connectivity index (χ3v) is 7.21. The first kappa shape index (κ1) is 27.2. The molecule has 0 saturated heterocycles. The van der Waals surface area contributed by atoms with Gasteiger partial charge in [-0.25, -0.2) is 0 Å². The molecule has 3 rings (SSSR count). The molecule has 0 saturated carbocycles. The van der Waals surface area contributed by atoms with Crippen molar-refractivity contribution in [1.82, 2.24) is 20.1 Å². The molecule has 0 aliphatic heterocycles. The van der Waals surface area contributed by atoms with E-state index in [1.807, 2.05) is 43.7 Å². The maximum Gasteiger partial charge on any atom is 0.251 e. The van der Waals surface area contributed by atoms with Crippen LogP contribution in [0.3, 0.4) is 0 Å². The number of rotatable bonds is 9. The predicted octanol–water partition coefficient (Wildman–Crippen LogP) is 6.21. The highest BCUT2D eigenvalue weighted by molar-refractivity contribution is 9.10. The van der Waals surface area contributed by atoms with Gasteiger partial charge in [-0.05, 0) is 59.9 Å². The fourth-order valence-corrected chi connectivity index (χ4v) is 4.74. The van der Waals surface area contributed by atoms with E-state index in [2.05, 4.69) is 50.6 Å². The Morgan fingerprint density at radius 2 is 1.77 bits per heavy atom. The van der Waals surface area contributed by atoms with Crippen LogP contribution in [0.25, 0.3) is 0 Å². The molecular formula is C25H29BrClN5O2S. The predicted molar refractivity (Wildman–Crippen MR) is 145 cm³/mol. The molecule has 1 aromatic heterocycles. The minimum atomic E-state index is -0.352. The fraction of sp³-hybridized carbons (Fsp3) is 0.360. The second-order valence-electron chi connectivity index (χ2n) is 8.82.